The van der Waals surface area contributed by atoms with Crippen molar-refractivity contribution in [3.05, 3.63) is 29.8 Å². The van der Waals surface area contributed by atoms with Gasteiger partial charge in [-0.3, -0.25) is 4.99 Å². The van der Waals surface area contributed by atoms with Gasteiger partial charge in [0.1, 0.15) is 11.6 Å². The molecule has 0 spiro atoms. The van der Waals surface area contributed by atoms with E-state index in [4.69, 9.17) is 10.5 Å². The Labute approximate surface area is 103 Å². The molecule has 1 aromatic carbocycles. The molecule has 3 nitrogen and oxygen atoms in total. The molecule has 1 unspecified atom stereocenters. The van der Waals surface area contributed by atoms with E-state index in [2.05, 4.69) is 24.9 Å². The highest BCUT2D eigenvalue weighted by Gasteiger charge is 2.23. The molecule has 1 aliphatic heterocycles. The normalized spacial score (nSPS) is 19.9. The van der Waals surface area contributed by atoms with Gasteiger partial charge in [-0.05, 0) is 18.4 Å². The zero-order valence-electron chi connectivity index (χ0n) is 10.5. The summed E-state index contributed by atoms with van der Waals surface area (Å²) in [6.45, 7) is 5.81. The first-order valence-electron chi connectivity index (χ1n) is 6.20. The summed E-state index contributed by atoms with van der Waals surface area (Å²) >= 11 is 0. The van der Waals surface area contributed by atoms with E-state index in [0.717, 1.165) is 31.2 Å². The van der Waals surface area contributed by atoms with Crippen LogP contribution in [0.15, 0.2) is 29.3 Å². The lowest BCUT2D eigenvalue weighted by molar-refractivity contribution is 0.282. The summed E-state index contributed by atoms with van der Waals surface area (Å²) in [5.41, 5.74) is 7.28. The largest absolute Gasteiger partial charge is 0.493 e. The molecule has 1 heterocycles. The number of nitrogens with zero attached hydrogens (tertiary/aromatic N) is 1. The first-order valence-corrected chi connectivity index (χ1v) is 6.20. The molecular weight excluding hydrogens is 212 g/mol. The summed E-state index contributed by atoms with van der Waals surface area (Å²) in [7, 11) is 0. The van der Waals surface area contributed by atoms with Crippen LogP contribution >= 0.6 is 0 Å². The van der Waals surface area contributed by atoms with Gasteiger partial charge in [0.2, 0.25) is 0 Å². The number of ether oxygens (including phenoxy) is 1. The van der Waals surface area contributed by atoms with Crippen LogP contribution < -0.4 is 10.5 Å². The Hall–Kier alpha value is -1.51. The summed E-state index contributed by atoms with van der Waals surface area (Å²) < 4.78 is 5.62. The molecule has 0 amide bonds. The fraction of sp³-hybridized carbons (Fsp3) is 0.500. The topological polar surface area (TPSA) is 47.6 Å². The summed E-state index contributed by atoms with van der Waals surface area (Å²) in [5.74, 6) is 2.46. The summed E-state index contributed by atoms with van der Waals surface area (Å²) in [6.07, 6.45) is 0.921. The second-order valence-electron chi connectivity index (χ2n) is 4.89. The number of benzene rings is 1. The second-order valence-corrected chi connectivity index (χ2v) is 4.89. The molecule has 0 aromatic heterocycles. The number of hydrogen-bond acceptors (Lipinski definition) is 2. The molecule has 92 valence electrons. The van der Waals surface area contributed by atoms with Crippen LogP contribution in [-0.2, 0) is 0 Å². The molecule has 0 saturated carbocycles. The number of hydrogen-bond donors (Lipinski definition) is 1. The van der Waals surface area contributed by atoms with Gasteiger partial charge in [-0.15, -0.1) is 0 Å². The highest BCUT2D eigenvalue weighted by atomic mass is 16.5. The summed E-state index contributed by atoms with van der Waals surface area (Å²) in [6, 6.07) is 8.09. The van der Waals surface area contributed by atoms with Crippen molar-refractivity contribution in [2.45, 2.75) is 26.2 Å². The fourth-order valence-corrected chi connectivity index (χ4v) is 2.05. The number of fused-ring (bicyclic) bond motifs is 1. The molecule has 0 radical (unpaired) electrons. The van der Waals surface area contributed by atoms with Crippen LogP contribution in [0, 0.1) is 5.92 Å². The van der Waals surface area contributed by atoms with Gasteiger partial charge in [-0.25, -0.2) is 0 Å². The predicted octanol–water partition coefficient (Wildman–Crippen LogP) is 2.57. The van der Waals surface area contributed by atoms with Gasteiger partial charge in [0.15, 0.2) is 0 Å². The third-order valence-corrected chi connectivity index (χ3v) is 2.95. The van der Waals surface area contributed by atoms with Gasteiger partial charge in [0.25, 0.3) is 0 Å². The minimum absolute atomic E-state index is 0.221. The van der Waals surface area contributed by atoms with Crippen LogP contribution in [0.3, 0.4) is 0 Å². The third-order valence-electron chi connectivity index (χ3n) is 2.95. The first kappa shape index (κ1) is 12.0. The van der Waals surface area contributed by atoms with Crippen molar-refractivity contribution < 1.29 is 4.74 Å². The lowest BCUT2D eigenvalue weighted by Gasteiger charge is -2.25. The zero-order valence-corrected chi connectivity index (χ0v) is 10.5. The number of para-hydroxylation sites is 1. The Morgan fingerprint density at radius 1 is 1.47 bits per heavy atom. The van der Waals surface area contributed by atoms with E-state index in [1.54, 1.807) is 0 Å². The molecular formula is C14H20N2O. The van der Waals surface area contributed by atoms with Crippen molar-refractivity contribution in [1.29, 1.82) is 0 Å². The van der Waals surface area contributed by atoms with Gasteiger partial charge in [-0.2, -0.15) is 0 Å². The molecule has 1 aromatic rings. The average molecular weight is 232 g/mol. The molecule has 0 aliphatic carbocycles. The molecule has 0 bridgehead atoms. The molecule has 0 fully saturated rings. The maximum Gasteiger partial charge on any atom is 0.123 e. The van der Waals surface area contributed by atoms with E-state index < -0.39 is 0 Å². The van der Waals surface area contributed by atoms with Gasteiger partial charge in [-0.1, -0.05) is 32.0 Å². The quantitative estimate of drug-likeness (QED) is 0.643. The van der Waals surface area contributed by atoms with E-state index in [1.165, 1.54) is 5.56 Å². The Morgan fingerprint density at radius 2 is 2.24 bits per heavy atom. The van der Waals surface area contributed by atoms with Crippen LogP contribution in [0.2, 0.25) is 0 Å². The van der Waals surface area contributed by atoms with Crippen LogP contribution in [-0.4, -0.2) is 19.0 Å². The van der Waals surface area contributed by atoms with Crippen LogP contribution in [0.4, 0.5) is 0 Å². The van der Waals surface area contributed by atoms with E-state index in [0.29, 0.717) is 5.92 Å². The smallest absolute Gasteiger partial charge is 0.123 e. The summed E-state index contributed by atoms with van der Waals surface area (Å²) in [5, 5.41) is 0. The second kappa shape index (κ2) is 5.21. The van der Waals surface area contributed by atoms with Crippen molar-refractivity contribution in [2.75, 3.05) is 13.2 Å². The maximum absolute atomic E-state index is 6.11. The lowest BCUT2D eigenvalue weighted by Crippen LogP contribution is -2.27. The minimum atomic E-state index is 0.221. The molecule has 1 aliphatic rings. The van der Waals surface area contributed by atoms with Gasteiger partial charge in [0.05, 0.1) is 6.61 Å². The lowest BCUT2D eigenvalue weighted by atomic mass is 9.92. The van der Waals surface area contributed by atoms with Crippen molar-refractivity contribution in [3.63, 3.8) is 0 Å². The third kappa shape index (κ3) is 2.78. The van der Waals surface area contributed by atoms with E-state index >= 15 is 0 Å². The van der Waals surface area contributed by atoms with Crippen molar-refractivity contribution in [2.24, 2.45) is 16.6 Å². The van der Waals surface area contributed by atoms with Crippen molar-refractivity contribution >= 4 is 5.84 Å². The standard InChI is InChI=1S/C14H20N2O/c1-10(2)9-16-14(15)12-7-8-17-13-6-4-3-5-11(12)13/h3-6,10,12H,7-9H2,1-2H3,(H2,15,16). The van der Waals surface area contributed by atoms with E-state index in [-0.39, 0.29) is 5.92 Å². The highest BCUT2D eigenvalue weighted by molar-refractivity contribution is 5.88. The molecule has 17 heavy (non-hydrogen) atoms. The van der Waals surface area contributed by atoms with E-state index in [1.807, 2.05) is 18.2 Å². The summed E-state index contributed by atoms with van der Waals surface area (Å²) in [4.78, 5) is 4.49. The number of nitrogens with two attached hydrogens (primary N) is 1. The van der Waals surface area contributed by atoms with Gasteiger partial charge < -0.3 is 10.5 Å². The number of aliphatic imine (C=N–C) groups is 1. The fourth-order valence-electron chi connectivity index (χ4n) is 2.05. The minimum Gasteiger partial charge on any atom is -0.493 e. The molecule has 2 N–H and O–H groups in total. The highest BCUT2D eigenvalue weighted by Crippen LogP contribution is 2.33. The number of amidine groups is 1. The average Bonchev–Trinajstić information content (AvgIpc) is 2.35. The predicted molar refractivity (Wildman–Crippen MR) is 70.6 cm³/mol. The molecule has 3 heteroatoms. The Bertz CT molecular complexity index is 412. The maximum atomic E-state index is 6.11. The van der Waals surface area contributed by atoms with E-state index in [9.17, 15) is 0 Å². The van der Waals surface area contributed by atoms with Crippen molar-refractivity contribution in [1.82, 2.24) is 0 Å². The Kier molecular flexibility index (Phi) is 3.67. The Balaban J connectivity index is 2.20. The van der Waals surface area contributed by atoms with Crippen LogP contribution in [0.25, 0.3) is 0 Å². The number of rotatable bonds is 3. The molecule has 2 rings (SSSR count). The van der Waals surface area contributed by atoms with Gasteiger partial charge >= 0.3 is 0 Å². The Morgan fingerprint density at radius 3 is 3.00 bits per heavy atom. The first-order chi connectivity index (χ1) is 8.18. The van der Waals surface area contributed by atoms with Crippen LogP contribution in [0.1, 0.15) is 31.7 Å². The monoisotopic (exact) mass is 232 g/mol. The van der Waals surface area contributed by atoms with Gasteiger partial charge in [0, 0.05) is 18.0 Å². The molecule has 1 atom stereocenters. The van der Waals surface area contributed by atoms with Crippen molar-refractivity contribution in [3.8, 4) is 5.75 Å². The zero-order chi connectivity index (χ0) is 12.3. The SMILES string of the molecule is CC(C)CN=C(N)C1CCOc2ccccc21. The molecule has 0 saturated heterocycles. The van der Waals surface area contributed by atoms with Crippen LogP contribution in [0.5, 0.6) is 5.75 Å².